The van der Waals surface area contributed by atoms with Gasteiger partial charge in [0.1, 0.15) is 31.0 Å². The Kier molecular flexibility index (Phi) is 66.8. The molecule has 1 saturated heterocycles. The van der Waals surface area contributed by atoms with Crippen molar-refractivity contribution in [1.29, 1.82) is 0 Å². The van der Waals surface area contributed by atoms with E-state index in [9.17, 15) is 61.5 Å². The summed E-state index contributed by atoms with van der Waals surface area (Å²) >= 11 is 0. The summed E-state index contributed by atoms with van der Waals surface area (Å²) in [6.45, 7) is 5.54. The minimum absolute atomic E-state index is 0. The number of carbonyl (C=O) groups is 2. The second kappa shape index (κ2) is 61.0. The Labute approximate surface area is 639 Å². The average Bonchev–Trinajstić information content (AvgIpc) is 0.972. The zero-order valence-corrected chi connectivity index (χ0v) is 68.6. The predicted molar refractivity (Wildman–Crippen MR) is 327 cm³/mol. The van der Waals surface area contributed by atoms with Gasteiger partial charge in [-0.2, -0.15) is 0 Å². The maximum atomic E-state index is 14.0. The van der Waals surface area contributed by atoms with Crippen molar-refractivity contribution in [2.75, 3.05) is 39.6 Å². The van der Waals surface area contributed by atoms with E-state index >= 15 is 0 Å². The summed E-state index contributed by atoms with van der Waals surface area (Å²) in [5.74, 6) is -2.44. The van der Waals surface area contributed by atoms with Crippen LogP contribution in [0, 0.1) is 5.41 Å². The van der Waals surface area contributed by atoms with Crippen LogP contribution in [0.25, 0.3) is 0 Å². The molecule has 0 radical (unpaired) electrons. The van der Waals surface area contributed by atoms with Gasteiger partial charge in [0.2, 0.25) is 47.5 Å². The summed E-state index contributed by atoms with van der Waals surface area (Å²) in [5.41, 5.74) is -1.04. The monoisotopic (exact) mass is 1420 g/mol. The molecule has 1 amide bonds. The average molecular weight is 1420 g/mol. The molecule has 1 aliphatic heterocycles. The Bertz CT molecular complexity index is 2170. The Morgan fingerprint density at radius 2 is 0.791 bits per heavy atom. The fourth-order valence-electron chi connectivity index (χ4n) is 11.0. The van der Waals surface area contributed by atoms with Gasteiger partial charge in [0.25, 0.3) is 0 Å². The zero-order valence-electron chi connectivity index (χ0n) is 57.3. The van der Waals surface area contributed by atoms with E-state index in [4.69, 9.17) is 18.9 Å². The maximum Gasteiger partial charge on any atom is 1.00 e. The third-order valence-corrected chi connectivity index (χ3v) is 17.5. The molecule has 0 bridgehead atoms. The molecule has 1 N–H and O–H groups in total. The Morgan fingerprint density at radius 3 is 1.08 bits per heavy atom. The van der Waals surface area contributed by atoms with Crippen LogP contribution in [0.3, 0.4) is 0 Å². The maximum absolute atomic E-state index is 14.0. The van der Waals surface area contributed by atoms with E-state index in [2.05, 4.69) is 35.9 Å². The fraction of sp³-hybridized carbons (Fsp3) is 0.967. The molecule has 1 fully saturated rings. The number of amides is 1. The van der Waals surface area contributed by atoms with Gasteiger partial charge in [-0.25, -0.2) is 38.5 Å². The molecule has 518 valence electrons. The molecule has 0 aromatic rings. The molecule has 0 aromatic carbocycles. The molecule has 0 spiro atoms. The second-order valence-corrected chi connectivity index (χ2v) is 28.3. The number of unbranched alkanes of at least 4 members (excludes halogenated alkanes) is 38. The van der Waals surface area contributed by atoms with E-state index in [-0.39, 0.29) is 131 Å². The molecule has 31 heteroatoms. The van der Waals surface area contributed by atoms with Crippen LogP contribution < -0.4 is 124 Å². The molecule has 0 aliphatic carbocycles. The zero-order chi connectivity index (χ0) is 64.7. The standard InChI is InChI=1S/C60H117NO22S4.4Na/c1-5-7-9-11-13-15-17-19-21-23-25-27-29-31-33-35-37-39-41-43-45-76-49-60(4,50-77-46-44-42-40-38-36-34-32-30-28-26-24-22-20-18-16-14-12-10-8-6-2)51-78-59(63)54-47-53(81-85(67,68)69)56(61-52(3)62)58(80-54)57(83-87(73,74)75)55(82-86(70,71)72)48-79-84(64,65)66;;;;/h53-58H,5-51H2,1-4H3,(H,61,62)(H,64,65,66)(H,67,68,69)(H,70,71,72)(H,73,74,75);;;;/q;4*+1/p-4/t53-,54+,55+,56-,57+,58+;;;;/m0..../s1. The number of carbonyl (C=O) groups excluding carboxylic acids is 2. The number of rotatable bonds is 61. The Hall–Kier alpha value is 2.30. The quantitative estimate of drug-likeness (QED) is 0.0273. The Morgan fingerprint density at radius 1 is 0.473 bits per heavy atom. The molecule has 6 atom stereocenters. The molecular weight excluding hydrogens is 1310 g/mol. The smallest absolute Gasteiger partial charge is 0.726 e. The molecule has 1 rings (SSSR count). The minimum Gasteiger partial charge on any atom is -0.726 e. The van der Waals surface area contributed by atoms with Crippen LogP contribution in [0.15, 0.2) is 0 Å². The molecule has 1 heterocycles. The van der Waals surface area contributed by atoms with Gasteiger partial charge in [-0.1, -0.05) is 265 Å². The first kappa shape index (κ1) is 99.7. The Balaban J connectivity index is -0.00000946. The summed E-state index contributed by atoms with van der Waals surface area (Å²) in [4.78, 5) is 26.4. The topological polar surface area (TPSA) is 349 Å². The summed E-state index contributed by atoms with van der Waals surface area (Å²) in [6, 6.07) is -2.19. The van der Waals surface area contributed by atoms with Crippen molar-refractivity contribution in [3.05, 3.63) is 0 Å². The van der Waals surface area contributed by atoms with Crippen LogP contribution in [0.4, 0.5) is 0 Å². The van der Waals surface area contributed by atoms with Gasteiger partial charge in [-0.05, 0) is 12.8 Å². The normalized spacial score (nSPS) is 17.0. The summed E-state index contributed by atoms with van der Waals surface area (Å²) in [6.07, 6.45) is 35.9. The van der Waals surface area contributed by atoms with Crippen LogP contribution in [0.5, 0.6) is 0 Å². The van der Waals surface area contributed by atoms with Crippen LogP contribution in [0.1, 0.15) is 291 Å². The minimum atomic E-state index is -6.13. The van der Waals surface area contributed by atoms with Gasteiger partial charge in [-0.15, -0.1) is 0 Å². The molecule has 23 nitrogen and oxygen atoms in total. The van der Waals surface area contributed by atoms with E-state index in [0.717, 1.165) is 58.3 Å². The van der Waals surface area contributed by atoms with Gasteiger partial charge in [0.05, 0.1) is 25.9 Å². The SMILES string of the molecule is CCCCCCCCCCCCCCCCCCCCCCOCC(C)(COCCCCCCCCCCCCCCCCCCCCCC)COC(=O)[C@H]1C[C@H](OS(=O)(=O)[O-])[C@H](NC(C)=O)[C@H]([C@H](OS(=O)(=O)[O-])[C@@H](COS(=O)(=O)[O-])OS(=O)(=O)[O-])O1.[Na+].[Na+].[Na+].[Na+]. The second-order valence-electron chi connectivity index (χ2n) is 24.3. The summed E-state index contributed by atoms with van der Waals surface area (Å²) in [7, 11) is -23.8. The van der Waals surface area contributed by atoms with Crippen LogP contribution in [0.2, 0.25) is 0 Å². The van der Waals surface area contributed by atoms with Gasteiger partial charge < -0.3 is 42.5 Å². The van der Waals surface area contributed by atoms with Crippen molar-refractivity contribution in [1.82, 2.24) is 5.32 Å². The van der Waals surface area contributed by atoms with Crippen molar-refractivity contribution in [3.63, 3.8) is 0 Å². The molecule has 0 saturated carbocycles. The first-order valence-corrected chi connectivity index (χ1v) is 38.4. The first-order chi connectivity index (χ1) is 41.3. The van der Waals surface area contributed by atoms with E-state index in [0.29, 0.717) is 13.2 Å². The van der Waals surface area contributed by atoms with Crippen molar-refractivity contribution in [3.8, 4) is 0 Å². The number of nitrogens with one attached hydrogen (secondary N) is 1. The third kappa shape index (κ3) is 60.8. The molecular formula is C60H113NNa4O22S4. The van der Waals surface area contributed by atoms with E-state index in [1.165, 1.54) is 205 Å². The summed E-state index contributed by atoms with van der Waals surface area (Å²) in [5, 5.41) is 2.06. The van der Waals surface area contributed by atoms with Gasteiger partial charge in [0.15, 0.2) is 6.10 Å². The van der Waals surface area contributed by atoms with Gasteiger partial charge in [0, 0.05) is 32.0 Å². The largest absolute Gasteiger partial charge is 1.00 e. The molecule has 1 aliphatic rings. The molecule has 0 aromatic heterocycles. The van der Waals surface area contributed by atoms with Crippen molar-refractivity contribution in [2.45, 2.75) is 328 Å². The predicted octanol–water partition coefficient (Wildman–Crippen LogP) is -0.0959. The number of ether oxygens (including phenoxy) is 4. The van der Waals surface area contributed by atoms with Gasteiger partial charge in [-0.3, -0.25) is 21.5 Å². The van der Waals surface area contributed by atoms with Crippen molar-refractivity contribution in [2.24, 2.45) is 5.41 Å². The van der Waals surface area contributed by atoms with E-state index in [1.54, 1.807) is 6.92 Å². The van der Waals surface area contributed by atoms with E-state index < -0.39 is 115 Å². The number of esters is 1. The van der Waals surface area contributed by atoms with Crippen LogP contribution >= 0.6 is 0 Å². The van der Waals surface area contributed by atoms with Gasteiger partial charge >= 0.3 is 124 Å². The number of hydrogen-bond acceptors (Lipinski definition) is 22. The number of hydrogen-bond donors (Lipinski definition) is 1. The first-order valence-electron chi connectivity index (χ1n) is 33.0. The van der Waals surface area contributed by atoms with Crippen LogP contribution in [-0.4, -0.2) is 140 Å². The fourth-order valence-corrected chi connectivity index (χ4v) is 12.7. The van der Waals surface area contributed by atoms with Crippen molar-refractivity contribution < 1.29 is 215 Å². The molecule has 0 unspecified atom stereocenters. The molecule has 91 heavy (non-hydrogen) atoms. The van der Waals surface area contributed by atoms with Crippen LogP contribution in [-0.2, 0) is 86.9 Å². The summed E-state index contributed by atoms with van der Waals surface area (Å²) < 4.78 is 183. The van der Waals surface area contributed by atoms with Crippen molar-refractivity contribution >= 4 is 53.5 Å². The third-order valence-electron chi connectivity index (χ3n) is 15.7. The van der Waals surface area contributed by atoms with E-state index in [1.807, 2.05) is 0 Å².